The number of carbonyl (C=O) groups excluding carboxylic acids is 2. The van der Waals surface area contributed by atoms with Gasteiger partial charge in [0.1, 0.15) is 19.0 Å². The molecule has 2 N–H and O–H groups in total. The van der Waals surface area contributed by atoms with Crippen molar-refractivity contribution in [2.45, 2.75) is 25.6 Å². The highest BCUT2D eigenvalue weighted by molar-refractivity contribution is 5.67. The van der Waals surface area contributed by atoms with Crippen molar-refractivity contribution in [2.24, 2.45) is 0 Å². The Morgan fingerprint density at radius 3 is 2.78 bits per heavy atom. The zero-order chi connectivity index (χ0) is 13.2. The summed E-state index contributed by atoms with van der Waals surface area (Å²) in [5, 5.41) is 11.5. The van der Waals surface area contributed by atoms with Crippen LogP contribution in [-0.4, -0.2) is 30.1 Å². The van der Waals surface area contributed by atoms with Crippen molar-refractivity contribution >= 4 is 12.4 Å². The third kappa shape index (κ3) is 6.00. The molecule has 0 fully saturated rings. The van der Waals surface area contributed by atoms with Crippen molar-refractivity contribution in [3.05, 3.63) is 35.9 Å². The first-order valence-corrected chi connectivity index (χ1v) is 5.80. The standard InChI is InChI=1S/C13H17NO4/c15-9-12(16)7-4-8-14-13(17)18-10-11-5-2-1-3-6-11/h1-3,5-6,9,12,16H,4,7-8,10H2,(H,14,17). The highest BCUT2D eigenvalue weighted by atomic mass is 16.5. The smallest absolute Gasteiger partial charge is 0.407 e. The first-order valence-electron chi connectivity index (χ1n) is 5.80. The van der Waals surface area contributed by atoms with Crippen LogP contribution in [0.15, 0.2) is 30.3 Å². The van der Waals surface area contributed by atoms with Gasteiger partial charge >= 0.3 is 6.09 Å². The van der Waals surface area contributed by atoms with E-state index in [4.69, 9.17) is 9.84 Å². The van der Waals surface area contributed by atoms with E-state index in [-0.39, 0.29) is 6.61 Å². The second-order valence-corrected chi connectivity index (χ2v) is 3.83. The molecule has 0 aliphatic heterocycles. The highest BCUT2D eigenvalue weighted by Gasteiger charge is 2.04. The molecule has 0 aliphatic carbocycles. The third-order valence-corrected chi connectivity index (χ3v) is 2.32. The van der Waals surface area contributed by atoms with E-state index in [1.165, 1.54) is 0 Å². The number of carbonyl (C=O) groups is 2. The molecule has 0 aliphatic rings. The summed E-state index contributed by atoms with van der Waals surface area (Å²) < 4.78 is 4.98. The molecule has 5 nitrogen and oxygen atoms in total. The number of aldehydes is 1. The lowest BCUT2D eigenvalue weighted by molar-refractivity contribution is -0.115. The van der Waals surface area contributed by atoms with Gasteiger partial charge in [-0.3, -0.25) is 0 Å². The Hall–Kier alpha value is -1.88. The van der Waals surface area contributed by atoms with E-state index in [2.05, 4.69) is 5.32 Å². The summed E-state index contributed by atoms with van der Waals surface area (Å²) in [5.41, 5.74) is 0.920. The Morgan fingerprint density at radius 2 is 2.11 bits per heavy atom. The van der Waals surface area contributed by atoms with E-state index in [0.29, 0.717) is 25.7 Å². The van der Waals surface area contributed by atoms with Gasteiger partial charge < -0.3 is 20.0 Å². The largest absolute Gasteiger partial charge is 0.445 e. The summed E-state index contributed by atoms with van der Waals surface area (Å²) in [5.74, 6) is 0. The highest BCUT2D eigenvalue weighted by Crippen LogP contribution is 2.00. The van der Waals surface area contributed by atoms with Crippen molar-refractivity contribution in [2.75, 3.05) is 6.54 Å². The molecule has 1 aromatic carbocycles. The molecule has 0 saturated heterocycles. The Balaban J connectivity index is 2.09. The van der Waals surface area contributed by atoms with E-state index in [1.807, 2.05) is 30.3 Å². The molecule has 5 heteroatoms. The predicted molar refractivity (Wildman–Crippen MR) is 65.9 cm³/mol. The number of nitrogens with one attached hydrogen (secondary N) is 1. The molecule has 18 heavy (non-hydrogen) atoms. The number of benzene rings is 1. The van der Waals surface area contributed by atoms with Gasteiger partial charge in [-0.1, -0.05) is 30.3 Å². The van der Waals surface area contributed by atoms with E-state index in [9.17, 15) is 9.59 Å². The van der Waals surface area contributed by atoms with Crippen LogP contribution < -0.4 is 5.32 Å². The Bertz CT molecular complexity index is 367. The average Bonchev–Trinajstić information content (AvgIpc) is 2.42. The van der Waals surface area contributed by atoms with Crippen LogP contribution in [0.25, 0.3) is 0 Å². The quantitative estimate of drug-likeness (QED) is 0.565. The van der Waals surface area contributed by atoms with Crippen molar-refractivity contribution < 1.29 is 19.4 Å². The van der Waals surface area contributed by atoms with Gasteiger partial charge in [-0.05, 0) is 18.4 Å². The molecule has 0 bridgehead atoms. The Labute approximate surface area is 106 Å². The first-order chi connectivity index (χ1) is 8.72. The molecule has 98 valence electrons. The lowest BCUT2D eigenvalue weighted by Crippen LogP contribution is -2.26. The van der Waals surface area contributed by atoms with Crippen LogP contribution in [0, 0.1) is 0 Å². The van der Waals surface area contributed by atoms with Gasteiger partial charge in [0.15, 0.2) is 0 Å². The molecule has 0 aromatic heterocycles. The second kappa shape index (κ2) is 8.25. The zero-order valence-electron chi connectivity index (χ0n) is 10.0. The number of aliphatic hydroxyl groups excluding tert-OH is 1. The number of ether oxygens (including phenoxy) is 1. The van der Waals surface area contributed by atoms with Crippen LogP contribution in [-0.2, 0) is 16.1 Å². The van der Waals surface area contributed by atoms with Crippen molar-refractivity contribution in [3.63, 3.8) is 0 Å². The Morgan fingerprint density at radius 1 is 1.39 bits per heavy atom. The lowest BCUT2D eigenvalue weighted by atomic mass is 10.2. The fourth-order valence-electron chi connectivity index (χ4n) is 1.34. The second-order valence-electron chi connectivity index (χ2n) is 3.83. The maximum absolute atomic E-state index is 11.3. The third-order valence-electron chi connectivity index (χ3n) is 2.32. The van der Waals surface area contributed by atoms with Gasteiger partial charge in [0.05, 0.1) is 0 Å². The molecule has 1 amide bonds. The number of hydrogen-bond donors (Lipinski definition) is 2. The van der Waals surface area contributed by atoms with Crippen LogP contribution in [0.5, 0.6) is 0 Å². The maximum Gasteiger partial charge on any atom is 0.407 e. The summed E-state index contributed by atoms with van der Waals surface area (Å²) in [4.78, 5) is 21.4. The van der Waals surface area contributed by atoms with Crippen molar-refractivity contribution in [1.29, 1.82) is 0 Å². The number of hydrogen-bond acceptors (Lipinski definition) is 4. The van der Waals surface area contributed by atoms with Crippen molar-refractivity contribution in [1.82, 2.24) is 5.32 Å². The van der Waals surface area contributed by atoms with Crippen LogP contribution in [0.3, 0.4) is 0 Å². The summed E-state index contributed by atoms with van der Waals surface area (Å²) in [7, 11) is 0. The first kappa shape index (κ1) is 14.2. The summed E-state index contributed by atoms with van der Waals surface area (Å²) >= 11 is 0. The molecule has 1 rings (SSSR count). The zero-order valence-corrected chi connectivity index (χ0v) is 10.0. The normalized spacial score (nSPS) is 11.6. The van der Waals surface area contributed by atoms with E-state index in [1.54, 1.807) is 0 Å². The predicted octanol–water partition coefficient (Wildman–Crippen LogP) is 1.25. The number of rotatable bonds is 7. The molecule has 0 radical (unpaired) electrons. The molecule has 1 atom stereocenters. The fraction of sp³-hybridized carbons (Fsp3) is 0.385. The molecule has 1 unspecified atom stereocenters. The SMILES string of the molecule is O=CC(O)CCCNC(=O)OCc1ccccc1. The minimum Gasteiger partial charge on any atom is -0.445 e. The topological polar surface area (TPSA) is 75.6 Å². The lowest BCUT2D eigenvalue weighted by Gasteiger charge is -2.07. The average molecular weight is 251 g/mol. The molecule has 0 spiro atoms. The van der Waals surface area contributed by atoms with Crippen LogP contribution in [0.1, 0.15) is 18.4 Å². The molecular formula is C13H17NO4. The van der Waals surface area contributed by atoms with Gasteiger partial charge in [0.2, 0.25) is 0 Å². The number of amides is 1. The Kier molecular flexibility index (Phi) is 6.50. The van der Waals surface area contributed by atoms with Crippen LogP contribution >= 0.6 is 0 Å². The van der Waals surface area contributed by atoms with Gasteiger partial charge in [0.25, 0.3) is 0 Å². The van der Waals surface area contributed by atoms with Gasteiger partial charge in [-0.25, -0.2) is 4.79 Å². The van der Waals surface area contributed by atoms with E-state index < -0.39 is 12.2 Å². The van der Waals surface area contributed by atoms with Crippen LogP contribution in [0.4, 0.5) is 4.79 Å². The molecule has 1 aromatic rings. The summed E-state index contributed by atoms with van der Waals surface area (Å²) in [6.45, 7) is 0.599. The van der Waals surface area contributed by atoms with Crippen molar-refractivity contribution in [3.8, 4) is 0 Å². The van der Waals surface area contributed by atoms with Gasteiger partial charge in [-0.15, -0.1) is 0 Å². The minimum atomic E-state index is -0.952. The monoisotopic (exact) mass is 251 g/mol. The summed E-state index contributed by atoms with van der Waals surface area (Å²) in [6, 6.07) is 9.37. The molecule has 0 heterocycles. The fourth-order valence-corrected chi connectivity index (χ4v) is 1.34. The van der Waals surface area contributed by atoms with E-state index in [0.717, 1.165) is 5.56 Å². The summed E-state index contributed by atoms with van der Waals surface area (Å²) in [6.07, 6.45) is -0.108. The van der Waals surface area contributed by atoms with Gasteiger partial charge in [-0.2, -0.15) is 0 Å². The van der Waals surface area contributed by atoms with Gasteiger partial charge in [0, 0.05) is 6.54 Å². The number of alkyl carbamates (subject to hydrolysis) is 1. The number of aliphatic hydroxyl groups is 1. The van der Waals surface area contributed by atoms with Crippen LogP contribution in [0.2, 0.25) is 0 Å². The maximum atomic E-state index is 11.3. The molecule has 0 saturated carbocycles. The minimum absolute atomic E-state index is 0.226. The van der Waals surface area contributed by atoms with E-state index >= 15 is 0 Å². The molecular weight excluding hydrogens is 234 g/mol.